The van der Waals surface area contributed by atoms with Gasteiger partial charge in [0.15, 0.2) is 0 Å². The molecule has 0 atom stereocenters. The van der Waals surface area contributed by atoms with Crippen LogP contribution >= 0.6 is 0 Å². The Balaban J connectivity index is 1.74. The van der Waals surface area contributed by atoms with Crippen LogP contribution in [0.3, 0.4) is 0 Å². The van der Waals surface area contributed by atoms with E-state index in [2.05, 4.69) is 32.0 Å². The molecule has 2 aromatic heterocycles. The molecule has 0 saturated carbocycles. The third kappa shape index (κ3) is 2.71. The molecule has 5 heteroatoms. The average molecular weight is 255 g/mol. The highest BCUT2D eigenvalue weighted by Crippen LogP contribution is 2.18. The van der Waals surface area contributed by atoms with Crippen molar-refractivity contribution in [2.75, 3.05) is 12.3 Å². The first-order chi connectivity index (χ1) is 9.20. The van der Waals surface area contributed by atoms with E-state index in [-0.39, 0.29) is 0 Å². The normalized spacial score (nSPS) is 15.2. The molecule has 1 aliphatic rings. The molecule has 0 radical (unpaired) electrons. The Bertz CT molecular complexity index is 596. The van der Waals surface area contributed by atoms with Crippen molar-refractivity contribution in [2.45, 2.75) is 26.4 Å². The lowest BCUT2D eigenvalue weighted by Gasteiger charge is -2.27. The molecule has 0 fully saturated rings. The molecule has 19 heavy (non-hydrogen) atoms. The Kier molecular flexibility index (Phi) is 3.13. The van der Waals surface area contributed by atoms with E-state index in [4.69, 9.17) is 5.73 Å². The van der Waals surface area contributed by atoms with Gasteiger partial charge in [0.25, 0.3) is 0 Å². The van der Waals surface area contributed by atoms with Crippen molar-refractivity contribution >= 4 is 5.95 Å². The molecule has 0 saturated heterocycles. The number of rotatable bonds is 2. The summed E-state index contributed by atoms with van der Waals surface area (Å²) in [5, 5.41) is 0. The van der Waals surface area contributed by atoms with Gasteiger partial charge in [0.1, 0.15) is 0 Å². The smallest absolute Gasteiger partial charge is 0.220 e. The van der Waals surface area contributed by atoms with Gasteiger partial charge in [-0.15, -0.1) is 0 Å². The Labute approximate surface area is 112 Å². The summed E-state index contributed by atoms with van der Waals surface area (Å²) in [6, 6.07) is 6.15. The van der Waals surface area contributed by atoms with Crippen LogP contribution in [0.2, 0.25) is 0 Å². The topological polar surface area (TPSA) is 67.9 Å². The third-order valence-corrected chi connectivity index (χ3v) is 3.36. The maximum Gasteiger partial charge on any atom is 0.220 e. The summed E-state index contributed by atoms with van der Waals surface area (Å²) >= 11 is 0. The zero-order chi connectivity index (χ0) is 13.2. The summed E-state index contributed by atoms with van der Waals surface area (Å²) in [5.41, 5.74) is 10.0. The Morgan fingerprint density at radius 3 is 3.05 bits per heavy atom. The van der Waals surface area contributed by atoms with Gasteiger partial charge in [0, 0.05) is 43.5 Å². The summed E-state index contributed by atoms with van der Waals surface area (Å²) in [4.78, 5) is 15.3. The predicted molar refractivity (Wildman–Crippen MR) is 73.2 cm³/mol. The van der Waals surface area contributed by atoms with Crippen LogP contribution in [0.4, 0.5) is 5.95 Å². The van der Waals surface area contributed by atoms with E-state index in [9.17, 15) is 0 Å². The highest BCUT2D eigenvalue weighted by Gasteiger charge is 2.18. The lowest BCUT2D eigenvalue weighted by Crippen LogP contribution is -2.31. The van der Waals surface area contributed by atoms with Crippen molar-refractivity contribution in [2.24, 2.45) is 0 Å². The van der Waals surface area contributed by atoms with Crippen molar-refractivity contribution < 1.29 is 0 Å². The second kappa shape index (κ2) is 4.93. The van der Waals surface area contributed by atoms with Crippen LogP contribution in [0.5, 0.6) is 0 Å². The van der Waals surface area contributed by atoms with Crippen molar-refractivity contribution in [1.82, 2.24) is 19.9 Å². The minimum Gasteiger partial charge on any atom is -0.368 e. The lowest BCUT2D eigenvalue weighted by atomic mass is 10.1. The van der Waals surface area contributed by atoms with Crippen LogP contribution in [-0.2, 0) is 19.5 Å². The number of nitrogen functional groups attached to an aromatic ring is 1. The van der Waals surface area contributed by atoms with Gasteiger partial charge < -0.3 is 5.73 Å². The molecule has 0 aliphatic carbocycles. The van der Waals surface area contributed by atoms with E-state index in [1.54, 1.807) is 0 Å². The largest absolute Gasteiger partial charge is 0.368 e. The molecule has 0 unspecified atom stereocenters. The fraction of sp³-hybridized carbons (Fsp3) is 0.357. The van der Waals surface area contributed by atoms with Gasteiger partial charge in [-0.3, -0.25) is 9.88 Å². The van der Waals surface area contributed by atoms with Gasteiger partial charge in [0.05, 0.1) is 11.4 Å². The molecule has 2 aromatic rings. The van der Waals surface area contributed by atoms with Crippen molar-refractivity contribution in [1.29, 1.82) is 0 Å². The Morgan fingerprint density at radius 1 is 1.32 bits per heavy atom. The van der Waals surface area contributed by atoms with E-state index < -0.39 is 0 Å². The Hall–Kier alpha value is -2.01. The molecule has 3 rings (SSSR count). The van der Waals surface area contributed by atoms with Crippen molar-refractivity contribution in [3.8, 4) is 0 Å². The molecule has 0 bridgehead atoms. The van der Waals surface area contributed by atoms with E-state index in [0.29, 0.717) is 5.95 Å². The summed E-state index contributed by atoms with van der Waals surface area (Å²) in [6.07, 6.45) is 2.77. The summed E-state index contributed by atoms with van der Waals surface area (Å²) in [6.45, 7) is 4.74. The van der Waals surface area contributed by atoms with Crippen LogP contribution in [0, 0.1) is 6.92 Å². The van der Waals surface area contributed by atoms with Crippen molar-refractivity contribution in [3.63, 3.8) is 0 Å². The number of aromatic nitrogens is 3. The van der Waals surface area contributed by atoms with Gasteiger partial charge in [0.2, 0.25) is 5.95 Å². The monoisotopic (exact) mass is 255 g/mol. The maximum absolute atomic E-state index is 5.61. The molecule has 2 N–H and O–H groups in total. The van der Waals surface area contributed by atoms with Crippen LogP contribution in [0.1, 0.15) is 22.6 Å². The maximum atomic E-state index is 5.61. The van der Waals surface area contributed by atoms with Gasteiger partial charge >= 0.3 is 0 Å². The number of pyridine rings is 1. The molecule has 3 heterocycles. The first-order valence-electron chi connectivity index (χ1n) is 6.46. The van der Waals surface area contributed by atoms with Crippen LogP contribution in [-0.4, -0.2) is 26.4 Å². The molecule has 0 spiro atoms. The zero-order valence-corrected chi connectivity index (χ0v) is 11.0. The minimum atomic E-state index is 0.368. The van der Waals surface area contributed by atoms with E-state index >= 15 is 0 Å². The quantitative estimate of drug-likeness (QED) is 0.876. The SMILES string of the molecule is Cc1cccc(CN2CCc3nc(N)ncc3C2)n1. The number of aryl methyl sites for hydroxylation is 1. The molecule has 98 valence electrons. The minimum absolute atomic E-state index is 0.368. The van der Waals surface area contributed by atoms with Crippen LogP contribution in [0.15, 0.2) is 24.4 Å². The third-order valence-electron chi connectivity index (χ3n) is 3.36. The van der Waals surface area contributed by atoms with Gasteiger partial charge in [-0.25, -0.2) is 9.97 Å². The van der Waals surface area contributed by atoms with Gasteiger partial charge in [-0.2, -0.15) is 0 Å². The number of nitrogens with zero attached hydrogens (tertiary/aromatic N) is 4. The molecular formula is C14H17N5. The standard InChI is InChI=1S/C14H17N5/c1-10-3-2-4-12(17-10)9-19-6-5-13-11(8-19)7-16-14(15)18-13/h2-4,7H,5-6,8-9H2,1H3,(H2,15,16,18). The lowest BCUT2D eigenvalue weighted by molar-refractivity contribution is 0.240. The van der Waals surface area contributed by atoms with E-state index in [0.717, 1.165) is 43.1 Å². The zero-order valence-electron chi connectivity index (χ0n) is 11.0. The first-order valence-corrected chi connectivity index (χ1v) is 6.46. The number of hydrogen-bond donors (Lipinski definition) is 1. The molecule has 1 aliphatic heterocycles. The van der Waals surface area contributed by atoms with Crippen LogP contribution in [0.25, 0.3) is 0 Å². The average Bonchev–Trinajstić information content (AvgIpc) is 2.39. The summed E-state index contributed by atoms with van der Waals surface area (Å²) in [7, 11) is 0. The van der Waals surface area contributed by atoms with E-state index in [1.165, 1.54) is 5.56 Å². The molecule has 5 nitrogen and oxygen atoms in total. The second-order valence-corrected chi connectivity index (χ2v) is 4.93. The number of hydrogen-bond acceptors (Lipinski definition) is 5. The highest BCUT2D eigenvalue weighted by molar-refractivity contribution is 5.27. The first kappa shape index (κ1) is 12.0. The molecule has 0 aromatic carbocycles. The summed E-state index contributed by atoms with van der Waals surface area (Å²) in [5.74, 6) is 0.368. The second-order valence-electron chi connectivity index (χ2n) is 4.93. The number of nitrogens with two attached hydrogens (primary N) is 1. The number of fused-ring (bicyclic) bond motifs is 1. The fourth-order valence-corrected chi connectivity index (χ4v) is 2.44. The molecular weight excluding hydrogens is 238 g/mol. The number of anilines is 1. The molecule has 0 amide bonds. The van der Waals surface area contributed by atoms with Crippen LogP contribution < -0.4 is 5.73 Å². The fourth-order valence-electron chi connectivity index (χ4n) is 2.44. The van der Waals surface area contributed by atoms with Gasteiger partial charge in [-0.05, 0) is 19.1 Å². The Morgan fingerprint density at radius 2 is 2.21 bits per heavy atom. The van der Waals surface area contributed by atoms with Gasteiger partial charge in [-0.1, -0.05) is 6.07 Å². The summed E-state index contributed by atoms with van der Waals surface area (Å²) < 4.78 is 0. The van der Waals surface area contributed by atoms with Crippen molar-refractivity contribution in [3.05, 3.63) is 47.0 Å². The van der Waals surface area contributed by atoms with E-state index in [1.807, 2.05) is 19.2 Å². The highest BCUT2D eigenvalue weighted by atomic mass is 15.1. The predicted octanol–water partition coefficient (Wildman–Crippen LogP) is 1.32.